The number of hydrogen-bond donors (Lipinski definition) is 2. The Labute approximate surface area is 188 Å². The maximum atomic E-state index is 6.19. The minimum atomic E-state index is 0.120. The Hall–Kier alpha value is -3.39. The molecular formula is C24H30N6O2. The van der Waals surface area contributed by atoms with Gasteiger partial charge in [-0.1, -0.05) is 18.2 Å². The van der Waals surface area contributed by atoms with Crippen molar-refractivity contribution >= 4 is 5.96 Å². The van der Waals surface area contributed by atoms with Crippen molar-refractivity contribution in [1.29, 1.82) is 0 Å². The summed E-state index contributed by atoms with van der Waals surface area (Å²) in [5.41, 5.74) is 3.33. The molecule has 0 saturated carbocycles. The van der Waals surface area contributed by atoms with Crippen molar-refractivity contribution in [3.05, 3.63) is 71.4 Å². The van der Waals surface area contributed by atoms with Crippen LogP contribution in [0, 0.1) is 13.8 Å². The quantitative estimate of drug-likeness (QED) is 0.439. The molecule has 32 heavy (non-hydrogen) atoms. The van der Waals surface area contributed by atoms with Gasteiger partial charge in [-0.25, -0.2) is 9.97 Å². The lowest BCUT2D eigenvalue weighted by Crippen LogP contribution is -2.36. The number of benzene rings is 1. The number of ether oxygens (including phenoxy) is 2. The topological polar surface area (TPSA) is 85.6 Å². The molecule has 3 aromatic rings. The fourth-order valence-electron chi connectivity index (χ4n) is 3.57. The summed E-state index contributed by atoms with van der Waals surface area (Å²) in [4.78, 5) is 13.1. The third-order valence-corrected chi connectivity index (χ3v) is 5.42. The molecule has 8 heteroatoms. The molecule has 168 valence electrons. The Morgan fingerprint density at radius 3 is 2.75 bits per heavy atom. The number of guanidine groups is 1. The number of aryl methyl sites for hydroxylation is 2. The summed E-state index contributed by atoms with van der Waals surface area (Å²) in [6.45, 7) is 6.67. The average molecular weight is 435 g/mol. The van der Waals surface area contributed by atoms with Gasteiger partial charge in [0.25, 0.3) is 0 Å². The molecule has 1 aromatic carbocycles. The second-order valence-electron chi connectivity index (χ2n) is 7.86. The molecule has 1 aliphatic heterocycles. The van der Waals surface area contributed by atoms with E-state index >= 15 is 0 Å². The Morgan fingerprint density at radius 2 is 2.06 bits per heavy atom. The van der Waals surface area contributed by atoms with E-state index in [1.807, 2.05) is 30.0 Å². The Bertz CT molecular complexity index is 1050. The van der Waals surface area contributed by atoms with Crippen molar-refractivity contribution in [3.63, 3.8) is 0 Å². The van der Waals surface area contributed by atoms with Crippen LogP contribution in [-0.2, 0) is 17.8 Å². The van der Waals surface area contributed by atoms with Gasteiger partial charge in [-0.2, -0.15) is 0 Å². The zero-order valence-electron chi connectivity index (χ0n) is 18.8. The number of aromatic nitrogens is 3. The van der Waals surface area contributed by atoms with Gasteiger partial charge < -0.3 is 20.1 Å². The van der Waals surface area contributed by atoms with Gasteiger partial charge in [0.15, 0.2) is 5.96 Å². The van der Waals surface area contributed by atoms with Crippen LogP contribution < -0.4 is 15.4 Å². The van der Waals surface area contributed by atoms with Crippen molar-refractivity contribution in [2.75, 3.05) is 20.3 Å². The van der Waals surface area contributed by atoms with Crippen LogP contribution in [0.3, 0.4) is 0 Å². The average Bonchev–Trinajstić information content (AvgIpc) is 3.47. The maximum Gasteiger partial charge on any atom is 0.191 e. The summed E-state index contributed by atoms with van der Waals surface area (Å²) in [7, 11) is 1.76. The number of nitrogens with one attached hydrogen (secondary N) is 2. The van der Waals surface area contributed by atoms with Crippen LogP contribution in [0.5, 0.6) is 5.75 Å². The molecule has 8 nitrogen and oxygen atoms in total. The summed E-state index contributed by atoms with van der Waals surface area (Å²) in [5.74, 6) is 3.38. The van der Waals surface area contributed by atoms with Crippen LogP contribution in [0.2, 0.25) is 0 Å². The summed E-state index contributed by atoms with van der Waals surface area (Å²) >= 11 is 0. The molecule has 0 amide bonds. The second kappa shape index (κ2) is 10.3. The number of imidazole rings is 1. The van der Waals surface area contributed by atoms with E-state index < -0.39 is 0 Å². The van der Waals surface area contributed by atoms with E-state index in [1.54, 1.807) is 13.2 Å². The standard InChI is InChI=1S/C24H30N6O2/c1-17-4-6-20(22(12-17)32-21-8-11-31-16-21)15-29-24(25-3)28-14-19-5-7-23(27-13-19)30-10-9-26-18(30)2/h4-7,9-10,12-13,21H,8,11,14-16H2,1-3H3,(H2,25,28,29). The second-order valence-corrected chi connectivity index (χ2v) is 7.86. The zero-order valence-corrected chi connectivity index (χ0v) is 18.8. The highest BCUT2D eigenvalue weighted by atomic mass is 16.5. The predicted molar refractivity (Wildman–Crippen MR) is 124 cm³/mol. The molecule has 0 spiro atoms. The van der Waals surface area contributed by atoms with E-state index in [0.717, 1.165) is 47.5 Å². The fourth-order valence-corrected chi connectivity index (χ4v) is 3.57. The number of nitrogens with zero attached hydrogens (tertiary/aromatic N) is 4. The van der Waals surface area contributed by atoms with E-state index in [0.29, 0.717) is 19.7 Å². The van der Waals surface area contributed by atoms with Crippen molar-refractivity contribution in [2.45, 2.75) is 39.5 Å². The molecule has 1 unspecified atom stereocenters. The molecule has 2 N–H and O–H groups in total. The molecule has 0 bridgehead atoms. The molecule has 4 rings (SSSR count). The first-order chi connectivity index (χ1) is 15.6. The van der Waals surface area contributed by atoms with Gasteiger partial charge in [0.05, 0.1) is 13.2 Å². The highest BCUT2D eigenvalue weighted by molar-refractivity contribution is 5.79. The monoisotopic (exact) mass is 434 g/mol. The van der Waals surface area contributed by atoms with Crippen LogP contribution >= 0.6 is 0 Å². The zero-order chi connectivity index (χ0) is 22.3. The molecule has 1 fully saturated rings. The Balaban J connectivity index is 1.33. The van der Waals surface area contributed by atoms with Gasteiger partial charge in [0, 0.05) is 50.7 Å². The van der Waals surface area contributed by atoms with Crippen LogP contribution in [0.4, 0.5) is 0 Å². The van der Waals surface area contributed by atoms with Gasteiger partial charge in [-0.3, -0.25) is 9.56 Å². The van der Waals surface area contributed by atoms with Crippen molar-refractivity contribution in [2.24, 2.45) is 4.99 Å². The van der Waals surface area contributed by atoms with E-state index in [-0.39, 0.29) is 6.10 Å². The first-order valence-electron chi connectivity index (χ1n) is 10.9. The highest BCUT2D eigenvalue weighted by Crippen LogP contribution is 2.23. The van der Waals surface area contributed by atoms with Gasteiger partial charge >= 0.3 is 0 Å². The SMILES string of the molecule is CN=C(NCc1ccc(-n2ccnc2C)nc1)NCc1ccc(C)cc1OC1CCOC1. The van der Waals surface area contributed by atoms with Crippen LogP contribution in [0.1, 0.15) is 28.9 Å². The lowest BCUT2D eigenvalue weighted by Gasteiger charge is -2.18. The van der Waals surface area contributed by atoms with Crippen molar-refractivity contribution < 1.29 is 9.47 Å². The molecule has 1 atom stereocenters. The number of pyridine rings is 1. The maximum absolute atomic E-state index is 6.19. The van der Waals surface area contributed by atoms with Crippen LogP contribution in [0.15, 0.2) is 53.9 Å². The van der Waals surface area contributed by atoms with E-state index in [1.165, 1.54) is 5.56 Å². The van der Waals surface area contributed by atoms with Gasteiger partial charge in [-0.15, -0.1) is 0 Å². The van der Waals surface area contributed by atoms with Gasteiger partial charge in [-0.05, 0) is 37.1 Å². The molecule has 2 aromatic heterocycles. The third-order valence-electron chi connectivity index (χ3n) is 5.42. The highest BCUT2D eigenvalue weighted by Gasteiger charge is 2.18. The van der Waals surface area contributed by atoms with Crippen LogP contribution in [-0.4, -0.2) is 46.9 Å². The third kappa shape index (κ3) is 5.45. The van der Waals surface area contributed by atoms with Gasteiger partial charge in [0.1, 0.15) is 23.5 Å². The summed E-state index contributed by atoms with van der Waals surface area (Å²) in [6.07, 6.45) is 6.59. The smallest absolute Gasteiger partial charge is 0.191 e. The van der Waals surface area contributed by atoms with E-state index in [2.05, 4.69) is 56.8 Å². The Morgan fingerprint density at radius 1 is 1.19 bits per heavy atom. The molecule has 1 saturated heterocycles. The largest absolute Gasteiger partial charge is 0.488 e. The van der Waals surface area contributed by atoms with Gasteiger partial charge in [0.2, 0.25) is 0 Å². The van der Waals surface area contributed by atoms with E-state index in [9.17, 15) is 0 Å². The van der Waals surface area contributed by atoms with E-state index in [4.69, 9.17) is 9.47 Å². The fraction of sp³-hybridized carbons (Fsp3) is 0.375. The molecule has 0 aliphatic carbocycles. The molecular weight excluding hydrogens is 404 g/mol. The Kier molecular flexibility index (Phi) is 7.01. The minimum Gasteiger partial charge on any atom is -0.488 e. The first-order valence-corrected chi connectivity index (χ1v) is 10.9. The molecule has 1 aliphatic rings. The molecule has 3 heterocycles. The lowest BCUT2D eigenvalue weighted by atomic mass is 10.1. The lowest BCUT2D eigenvalue weighted by molar-refractivity contribution is 0.140. The van der Waals surface area contributed by atoms with Crippen LogP contribution in [0.25, 0.3) is 5.82 Å². The first kappa shape index (κ1) is 21.8. The summed E-state index contributed by atoms with van der Waals surface area (Å²) < 4.78 is 13.6. The number of aliphatic imine (C=N–C) groups is 1. The minimum absolute atomic E-state index is 0.120. The summed E-state index contributed by atoms with van der Waals surface area (Å²) in [6, 6.07) is 10.3. The number of hydrogen-bond acceptors (Lipinski definition) is 5. The van der Waals surface area contributed by atoms with Crippen molar-refractivity contribution in [3.8, 4) is 11.6 Å². The predicted octanol–water partition coefficient (Wildman–Crippen LogP) is 2.92. The van der Waals surface area contributed by atoms with Crippen molar-refractivity contribution in [1.82, 2.24) is 25.2 Å². The summed E-state index contributed by atoms with van der Waals surface area (Å²) in [5, 5.41) is 6.72. The number of rotatable bonds is 7. The normalized spacial score (nSPS) is 16.2. The molecule has 0 radical (unpaired) electrons.